The molecule has 0 unspecified atom stereocenters. The number of nitrogens with one attached hydrogen (secondary N) is 1. The van der Waals surface area contributed by atoms with Crippen LogP contribution in [0.4, 0.5) is 17.6 Å². The molecule has 0 amide bonds. The molecule has 0 spiro atoms. The zero-order valence-corrected chi connectivity index (χ0v) is 18.5. The molecule has 1 aliphatic heterocycles. The lowest BCUT2D eigenvalue weighted by Gasteiger charge is -2.25. The maximum Gasteiger partial charge on any atom is 0.248 e. The summed E-state index contributed by atoms with van der Waals surface area (Å²) in [7, 11) is 1.68. The second-order valence-electron chi connectivity index (χ2n) is 8.15. The number of aryl methyl sites for hydroxylation is 1. The number of nitrogens with zero attached hydrogens (tertiary/aromatic N) is 6. The van der Waals surface area contributed by atoms with Gasteiger partial charge in [-0.3, -0.25) is 0 Å². The second-order valence-corrected chi connectivity index (χ2v) is 8.15. The van der Waals surface area contributed by atoms with Crippen LogP contribution in [0, 0.1) is 13.8 Å². The van der Waals surface area contributed by atoms with Gasteiger partial charge in [0.2, 0.25) is 5.95 Å². The van der Waals surface area contributed by atoms with Crippen LogP contribution in [0.3, 0.4) is 0 Å². The van der Waals surface area contributed by atoms with Crippen LogP contribution in [0.2, 0.25) is 0 Å². The largest absolute Gasteiger partial charge is 0.496 e. The molecule has 1 saturated heterocycles. The molecule has 32 heavy (non-hydrogen) atoms. The van der Waals surface area contributed by atoms with Gasteiger partial charge in [0.1, 0.15) is 17.6 Å². The molecule has 4 heterocycles. The highest BCUT2D eigenvalue weighted by Crippen LogP contribution is 2.29. The lowest BCUT2D eigenvalue weighted by atomic mass is 10.1. The monoisotopic (exact) mass is 433 g/mol. The molecule has 1 aliphatic rings. The molecule has 0 aliphatic carbocycles. The Hall–Kier alpha value is -3.59. The van der Waals surface area contributed by atoms with Gasteiger partial charge in [0, 0.05) is 18.8 Å². The van der Waals surface area contributed by atoms with Crippen molar-refractivity contribution in [3.63, 3.8) is 0 Å². The fourth-order valence-electron chi connectivity index (χ4n) is 4.30. The average Bonchev–Trinajstić information content (AvgIpc) is 3.55. The number of benzene rings is 1. The quantitative estimate of drug-likeness (QED) is 0.482. The number of hydrogen-bond donors (Lipinski definition) is 2. The van der Waals surface area contributed by atoms with Gasteiger partial charge in [0.05, 0.1) is 31.6 Å². The number of anilines is 3. The third-order valence-corrected chi connectivity index (χ3v) is 6.18. The third kappa shape index (κ3) is 3.54. The van der Waals surface area contributed by atoms with E-state index >= 15 is 0 Å². The molecule has 0 radical (unpaired) electrons. The molecule has 9 nitrogen and oxygen atoms in total. The van der Waals surface area contributed by atoms with Crippen LogP contribution in [0.15, 0.2) is 43.0 Å². The predicted molar refractivity (Wildman–Crippen MR) is 123 cm³/mol. The first-order valence-electron chi connectivity index (χ1n) is 10.8. The first kappa shape index (κ1) is 20.3. The van der Waals surface area contributed by atoms with E-state index in [1.165, 1.54) is 0 Å². The number of fused-ring (bicyclic) bond motifs is 1. The van der Waals surface area contributed by atoms with Gasteiger partial charge in [-0.1, -0.05) is 0 Å². The summed E-state index contributed by atoms with van der Waals surface area (Å²) in [6, 6.07) is 8.12. The van der Waals surface area contributed by atoms with Crippen molar-refractivity contribution in [2.75, 3.05) is 30.5 Å². The van der Waals surface area contributed by atoms with Gasteiger partial charge in [-0.15, -0.1) is 5.10 Å². The lowest BCUT2D eigenvalue weighted by molar-refractivity contribution is 0.266. The summed E-state index contributed by atoms with van der Waals surface area (Å²) in [5.41, 5.74) is 4.16. The normalized spacial score (nSPS) is 16.1. The SMILES string of the molecule is COc1cc(-n2cnc(Nc3nc(N4CCC[C@@H]4CO)c4cccn4n3)c2)cc(C)c1C. The molecule has 9 heteroatoms. The molecule has 1 aromatic carbocycles. The maximum atomic E-state index is 9.78. The van der Waals surface area contributed by atoms with E-state index in [4.69, 9.17) is 9.72 Å². The van der Waals surface area contributed by atoms with Gasteiger partial charge < -0.3 is 24.6 Å². The van der Waals surface area contributed by atoms with Crippen molar-refractivity contribution in [3.8, 4) is 11.4 Å². The number of aliphatic hydroxyl groups excluding tert-OH is 1. The van der Waals surface area contributed by atoms with Gasteiger partial charge in [0.15, 0.2) is 11.6 Å². The van der Waals surface area contributed by atoms with E-state index in [2.05, 4.69) is 33.3 Å². The van der Waals surface area contributed by atoms with E-state index in [-0.39, 0.29) is 12.6 Å². The maximum absolute atomic E-state index is 9.78. The summed E-state index contributed by atoms with van der Waals surface area (Å²) < 4.78 is 9.26. The molecule has 3 aromatic heterocycles. The van der Waals surface area contributed by atoms with Crippen LogP contribution >= 0.6 is 0 Å². The number of rotatable bonds is 6. The zero-order chi connectivity index (χ0) is 22.2. The molecule has 4 aromatic rings. The van der Waals surface area contributed by atoms with Crippen LogP contribution in [0.5, 0.6) is 5.75 Å². The number of hydrogen-bond acceptors (Lipinski definition) is 7. The van der Waals surface area contributed by atoms with Crippen molar-refractivity contribution in [2.24, 2.45) is 0 Å². The molecule has 5 rings (SSSR count). The van der Waals surface area contributed by atoms with E-state index in [0.717, 1.165) is 53.3 Å². The lowest BCUT2D eigenvalue weighted by Crippen LogP contribution is -2.33. The van der Waals surface area contributed by atoms with E-state index in [9.17, 15) is 5.11 Å². The van der Waals surface area contributed by atoms with Gasteiger partial charge in [-0.05, 0) is 56.0 Å². The molecule has 1 fully saturated rings. The molecular weight excluding hydrogens is 406 g/mol. The summed E-state index contributed by atoms with van der Waals surface area (Å²) in [6.07, 6.45) is 7.55. The van der Waals surface area contributed by atoms with Crippen LogP contribution in [0.25, 0.3) is 11.2 Å². The van der Waals surface area contributed by atoms with Crippen LogP contribution in [0.1, 0.15) is 24.0 Å². The minimum atomic E-state index is 0.0791. The summed E-state index contributed by atoms with van der Waals surface area (Å²) in [5, 5.41) is 17.6. The van der Waals surface area contributed by atoms with E-state index < -0.39 is 0 Å². The minimum Gasteiger partial charge on any atom is -0.496 e. The van der Waals surface area contributed by atoms with Crippen LogP contribution in [-0.2, 0) is 0 Å². The molecular formula is C23H27N7O2. The van der Waals surface area contributed by atoms with Crippen LogP contribution < -0.4 is 15.0 Å². The number of ether oxygens (including phenoxy) is 1. The highest BCUT2D eigenvalue weighted by atomic mass is 16.5. The average molecular weight is 434 g/mol. The molecule has 0 bridgehead atoms. The number of methoxy groups -OCH3 is 1. The fourth-order valence-corrected chi connectivity index (χ4v) is 4.30. The Morgan fingerprint density at radius 3 is 2.97 bits per heavy atom. The van der Waals surface area contributed by atoms with Crippen LogP contribution in [-0.4, -0.2) is 55.6 Å². The summed E-state index contributed by atoms with van der Waals surface area (Å²) in [6.45, 7) is 5.10. The van der Waals surface area contributed by atoms with Crippen molar-refractivity contribution in [2.45, 2.75) is 32.7 Å². The Morgan fingerprint density at radius 1 is 1.28 bits per heavy atom. The Kier molecular flexibility index (Phi) is 5.18. The van der Waals surface area contributed by atoms with E-state index in [1.54, 1.807) is 13.4 Å². The first-order valence-corrected chi connectivity index (χ1v) is 10.8. The topological polar surface area (TPSA) is 92.7 Å². The van der Waals surface area contributed by atoms with E-state index in [0.29, 0.717) is 11.8 Å². The van der Waals surface area contributed by atoms with Gasteiger partial charge in [-0.2, -0.15) is 4.98 Å². The Bertz CT molecular complexity index is 1260. The highest BCUT2D eigenvalue weighted by molar-refractivity contribution is 5.71. The second kappa shape index (κ2) is 8.16. The first-order chi connectivity index (χ1) is 15.6. The Balaban J connectivity index is 1.46. The fraction of sp³-hybridized carbons (Fsp3) is 0.348. The van der Waals surface area contributed by atoms with Gasteiger partial charge in [0.25, 0.3) is 0 Å². The molecule has 1 atom stereocenters. The summed E-state index contributed by atoms with van der Waals surface area (Å²) >= 11 is 0. The van der Waals surface area contributed by atoms with Gasteiger partial charge in [-0.25, -0.2) is 9.50 Å². The zero-order valence-electron chi connectivity index (χ0n) is 18.5. The summed E-state index contributed by atoms with van der Waals surface area (Å²) in [4.78, 5) is 11.4. The predicted octanol–water partition coefficient (Wildman–Crippen LogP) is 3.25. The number of imidazole rings is 1. The van der Waals surface area contributed by atoms with Crippen molar-refractivity contribution in [1.29, 1.82) is 0 Å². The number of aliphatic hydroxyl groups is 1. The third-order valence-electron chi connectivity index (χ3n) is 6.18. The molecule has 2 N–H and O–H groups in total. The standard InChI is InChI=1S/C23H27N7O2/c1-15-10-18(11-20(32-3)16(15)2)28-12-21(24-14-28)25-23-26-22(19-7-5-9-30(19)27-23)29-8-4-6-17(29)13-31/h5,7,9-12,14,17,31H,4,6,8,13H2,1-3H3,(H,25,27)/t17-/m1/s1. The number of aromatic nitrogens is 5. The Morgan fingerprint density at radius 2 is 2.16 bits per heavy atom. The molecule has 166 valence electrons. The minimum absolute atomic E-state index is 0.0791. The molecule has 0 saturated carbocycles. The van der Waals surface area contributed by atoms with Crippen molar-refractivity contribution in [3.05, 3.63) is 54.1 Å². The summed E-state index contributed by atoms with van der Waals surface area (Å²) in [5.74, 6) is 2.76. The van der Waals surface area contributed by atoms with Crippen molar-refractivity contribution < 1.29 is 9.84 Å². The smallest absolute Gasteiger partial charge is 0.248 e. The Labute approximate surface area is 186 Å². The van der Waals surface area contributed by atoms with Crippen molar-refractivity contribution >= 4 is 23.1 Å². The van der Waals surface area contributed by atoms with Gasteiger partial charge >= 0.3 is 0 Å². The highest BCUT2D eigenvalue weighted by Gasteiger charge is 2.27. The van der Waals surface area contributed by atoms with Crippen molar-refractivity contribution in [1.82, 2.24) is 24.1 Å². The van der Waals surface area contributed by atoms with E-state index in [1.807, 2.05) is 46.6 Å².